The van der Waals surface area contributed by atoms with Crippen LogP contribution in [0.1, 0.15) is 12.0 Å². The number of benzene rings is 1. The number of aryl methyl sites for hydroxylation is 1. The van der Waals surface area contributed by atoms with Crippen LogP contribution in [0.3, 0.4) is 0 Å². The summed E-state index contributed by atoms with van der Waals surface area (Å²) < 4.78 is 7.03. The largest absolute Gasteiger partial charge is 0.404 e. The first-order valence-electron chi connectivity index (χ1n) is 8.57. The number of carbonyl (C=O) groups is 1. The number of halogens is 1. The zero-order valence-electron chi connectivity index (χ0n) is 14.6. The lowest BCUT2D eigenvalue weighted by Crippen LogP contribution is -2.35. The van der Waals surface area contributed by atoms with Gasteiger partial charge in [-0.05, 0) is 38.5 Å². The minimum absolute atomic E-state index is 0.166. The van der Waals surface area contributed by atoms with E-state index >= 15 is 0 Å². The second kappa shape index (κ2) is 9.07. The lowest BCUT2D eigenvalue weighted by molar-refractivity contribution is -0.390. The Bertz CT molecular complexity index is 819. The van der Waals surface area contributed by atoms with Crippen LogP contribution in [0.5, 0.6) is 0 Å². The monoisotopic (exact) mass is 437 g/mol. The quantitative estimate of drug-likeness (QED) is 0.526. The van der Waals surface area contributed by atoms with Gasteiger partial charge in [-0.15, -0.1) is 0 Å². The molecule has 1 aliphatic rings. The number of hydrogen-bond donors (Lipinski definition) is 1. The number of rotatable bonds is 7. The van der Waals surface area contributed by atoms with Crippen molar-refractivity contribution in [1.82, 2.24) is 14.7 Å². The lowest BCUT2D eigenvalue weighted by Gasteiger charge is -2.26. The molecule has 1 saturated heterocycles. The summed E-state index contributed by atoms with van der Waals surface area (Å²) in [5, 5.41) is 17.5. The van der Waals surface area contributed by atoms with Gasteiger partial charge in [0, 0.05) is 31.7 Å². The number of aromatic nitrogens is 2. The van der Waals surface area contributed by atoms with Crippen molar-refractivity contribution in [2.75, 3.05) is 31.6 Å². The number of nitrogens with zero attached hydrogens (tertiary/aromatic N) is 4. The molecular formula is C17H20BrN5O4. The summed E-state index contributed by atoms with van der Waals surface area (Å²) in [6.07, 6.45) is 1.66. The zero-order chi connectivity index (χ0) is 19.2. The molecule has 0 saturated carbocycles. The van der Waals surface area contributed by atoms with Crippen molar-refractivity contribution in [2.24, 2.45) is 0 Å². The minimum Gasteiger partial charge on any atom is -0.379 e. The average Bonchev–Trinajstić information content (AvgIpc) is 3.02. The molecule has 0 spiro atoms. The second-order valence-electron chi connectivity index (χ2n) is 6.21. The Morgan fingerprint density at radius 2 is 2.15 bits per heavy atom. The van der Waals surface area contributed by atoms with Crippen LogP contribution in [0.15, 0.2) is 34.9 Å². The summed E-state index contributed by atoms with van der Waals surface area (Å²) in [5.74, 6) is -0.431. The Morgan fingerprint density at radius 3 is 2.85 bits per heavy atom. The first-order valence-corrected chi connectivity index (χ1v) is 9.37. The molecule has 1 amide bonds. The molecule has 3 rings (SSSR count). The summed E-state index contributed by atoms with van der Waals surface area (Å²) in [5.41, 5.74) is 1.86. The standard InChI is InChI=1S/C17H20BrN5O4/c18-15-12-22(20-17(15)23(25)26)5-4-16(24)19-14-3-1-2-13(10-14)11-21-6-8-27-9-7-21/h1-3,10,12H,4-9,11H2,(H,19,24). The Labute approximate surface area is 164 Å². The van der Waals surface area contributed by atoms with E-state index in [4.69, 9.17) is 4.74 Å². The normalized spacial score (nSPS) is 14.9. The summed E-state index contributed by atoms with van der Waals surface area (Å²) >= 11 is 3.09. The number of ether oxygens (including phenoxy) is 1. The predicted octanol–water partition coefficient (Wildman–Crippen LogP) is 2.41. The van der Waals surface area contributed by atoms with Gasteiger partial charge in [0.05, 0.1) is 31.1 Å². The van der Waals surface area contributed by atoms with Crippen LogP contribution < -0.4 is 5.32 Å². The summed E-state index contributed by atoms with van der Waals surface area (Å²) in [6, 6.07) is 7.75. The molecule has 0 bridgehead atoms. The van der Waals surface area contributed by atoms with Crippen molar-refractivity contribution in [1.29, 1.82) is 0 Å². The van der Waals surface area contributed by atoms with Gasteiger partial charge in [0.15, 0.2) is 0 Å². The van der Waals surface area contributed by atoms with Gasteiger partial charge in [-0.1, -0.05) is 12.1 Å². The maximum absolute atomic E-state index is 12.2. The van der Waals surface area contributed by atoms with Crippen molar-refractivity contribution < 1.29 is 14.5 Å². The maximum Gasteiger partial charge on any atom is 0.404 e. The fourth-order valence-corrected chi connectivity index (χ4v) is 3.29. The molecule has 1 N–H and O–H groups in total. The third-order valence-corrected chi connectivity index (χ3v) is 4.72. The molecule has 10 heteroatoms. The summed E-state index contributed by atoms with van der Waals surface area (Å²) in [7, 11) is 0. The molecule has 27 heavy (non-hydrogen) atoms. The SMILES string of the molecule is O=C(CCn1cc(Br)c([N+](=O)[O-])n1)Nc1cccc(CN2CCOCC2)c1. The summed E-state index contributed by atoms with van der Waals surface area (Å²) in [4.78, 5) is 24.7. The third kappa shape index (κ3) is 5.59. The molecule has 0 atom stereocenters. The van der Waals surface area contributed by atoms with E-state index < -0.39 is 4.92 Å². The van der Waals surface area contributed by atoms with E-state index in [-0.39, 0.29) is 24.7 Å². The fraction of sp³-hybridized carbons (Fsp3) is 0.412. The highest BCUT2D eigenvalue weighted by Crippen LogP contribution is 2.22. The average molecular weight is 438 g/mol. The summed E-state index contributed by atoms with van der Waals surface area (Å²) in [6.45, 7) is 4.38. The minimum atomic E-state index is -0.569. The number of morpholine rings is 1. The van der Waals surface area contributed by atoms with E-state index in [0.29, 0.717) is 4.47 Å². The Balaban J connectivity index is 1.52. The zero-order valence-corrected chi connectivity index (χ0v) is 16.2. The number of anilines is 1. The smallest absolute Gasteiger partial charge is 0.379 e. The van der Waals surface area contributed by atoms with Crippen molar-refractivity contribution in [3.05, 3.63) is 50.6 Å². The van der Waals surface area contributed by atoms with Gasteiger partial charge in [-0.25, -0.2) is 0 Å². The van der Waals surface area contributed by atoms with E-state index in [1.807, 2.05) is 24.3 Å². The van der Waals surface area contributed by atoms with Crippen LogP contribution in [0.25, 0.3) is 0 Å². The van der Waals surface area contributed by atoms with Crippen molar-refractivity contribution in [2.45, 2.75) is 19.5 Å². The van der Waals surface area contributed by atoms with Gasteiger partial charge < -0.3 is 20.2 Å². The highest BCUT2D eigenvalue weighted by molar-refractivity contribution is 9.10. The Hall–Kier alpha value is -2.30. The molecule has 0 unspecified atom stereocenters. The highest BCUT2D eigenvalue weighted by atomic mass is 79.9. The fourth-order valence-electron chi connectivity index (χ4n) is 2.83. The molecule has 1 aromatic carbocycles. The predicted molar refractivity (Wildman–Crippen MR) is 102 cm³/mol. The van der Waals surface area contributed by atoms with Crippen molar-refractivity contribution in [3.8, 4) is 0 Å². The molecule has 2 aromatic rings. The number of hydrogen-bond acceptors (Lipinski definition) is 6. The first kappa shape index (κ1) is 19.5. The molecule has 1 fully saturated rings. The molecule has 1 aliphatic heterocycles. The van der Waals surface area contributed by atoms with Crippen LogP contribution in [0.4, 0.5) is 11.5 Å². The molecule has 9 nitrogen and oxygen atoms in total. The second-order valence-corrected chi connectivity index (χ2v) is 7.06. The van der Waals surface area contributed by atoms with Gasteiger partial charge in [-0.3, -0.25) is 9.69 Å². The van der Waals surface area contributed by atoms with Gasteiger partial charge in [-0.2, -0.15) is 4.68 Å². The molecule has 0 aliphatic carbocycles. The van der Waals surface area contributed by atoms with Gasteiger partial charge >= 0.3 is 5.82 Å². The third-order valence-electron chi connectivity index (χ3n) is 4.16. The van der Waals surface area contributed by atoms with E-state index in [1.165, 1.54) is 10.9 Å². The molecule has 1 aromatic heterocycles. The number of nitro groups is 1. The molecule has 144 valence electrons. The van der Waals surface area contributed by atoms with Crippen LogP contribution in [0, 0.1) is 10.1 Å². The molecule has 2 heterocycles. The van der Waals surface area contributed by atoms with Gasteiger partial charge in [0.2, 0.25) is 5.91 Å². The van der Waals surface area contributed by atoms with Gasteiger partial charge in [0.1, 0.15) is 4.47 Å². The van der Waals surface area contributed by atoms with E-state index in [2.05, 4.69) is 31.2 Å². The van der Waals surface area contributed by atoms with E-state index in [0.717, 1.165) is 44.1 Å². The number of carbonyl (C=O) groups excluding carboxylic acids is 1. The van der Waals surface area contributed by atoms with Crippen molar-refractivity contribution in [3.63, 3.8) is 0 Å². The number of amides is 1. The Kier molecular flexibility index (Phi) is 6.54. The van der Waals surface area contributed by atoms with Crippen LogP contribution >= 0.6 is 15.9 Å². The lowest BCUT2D eigenvalue weighted by atomic mass is 10.1. The van der Waals surface area contributed by atoms with E-state index in [1.54, 1.807) is 0 Å². The molecule has 0 radical (unpaired) electrons. The maximum atomic E-state index is 12.2. The van der Waals surface area contributed by atoms with Gasteiger partial charge in [0.25, 0.3) is 0 Å². The topological polar surface area (TPSA) is 103 Å². The van der Waals surface area contributed by atoms with Crippen LogP contribution in [-0.4, -0.2) is 51.8 Å². The Morgan fingerprint density at radius 1 is 1.37 bits per heavy atom. The first-order chi connectivity index (χ1) is 13.0. The van der Waals surface area contributed by atoms with Crippen molar-refractivity contribution >= 4 is 33.3 Å². The van der Waals surface area contributed by atoms with E-state index in [9.17, 15) is 14.9 Å². The highest BCUT2D eigenvalue weighted by Gasteiger charge is 2.19. The molecular weight excluding hydrogens is 418 g/mol. The number of nitrogens with one attached hydrogen (secondary N) is 1. The van der Waals surface area contributed by atoms with Crippen LogP contribution in [-0.2, 0) is 22.6 Å². The van der Waals surface area contributed by atoms with Crippen LogP contribution in [0.2, 0.25) is 0 Å².